The third-order valence-corrected chi connectivity index (χ3v) is 3.92. The zero-order chi connectivity index (χ0) is 12.3. The Morgan fingerprint density at radius 1 is 1.07 bits per heavy atom. The van der Waals surface area contributed by atoms with Crippen molar-refractivity contribution in [1.29, 1.82) is 0 Å². The lowest BCUT2D eigenvalue weighted by molar-refractivity contribution is -0.129. The first kappa shape index (κ1) is 14.6. The maximum atomic E-state index is 12.0. The minimum atomic E-state index is -0.182. The topological polar surface area (TPSA) is 20.3 Å². The quantitative estimate of drug-likeness (QED) is 0.675. The minimum Gasteiger partial charge on any atom is -0.298 e. The van der Waals surface area contributed by atoms with Gasteiger partial charge in [0.15, 0.2) is 5.78 Å². The van der Waals surface area contributed by atoms with E-state index in [0.29, 0.717) is 12.3 Å². The van der Waals surface area contributed by atoms with Crippen molar-refractivity contribution < 1.29 is 4.79 Å². The maximum absolute atomic E-state index is 12.0. The molecule has 0 aliphatic rings. The van der Waals surface area contributed by atoms with E-state index in [2.05, 4.69) is 32.6 Å². The Bertz CT molecular complexity index is 219. The van der Waals surface area contributed by atoms with Crippen molar-refractivity contribution in [3.63, 3.8) is 0 Å². The standard InChI is InChI=1S/C13H27NO/c1-8-12(3,4)11(15)10-14(7)13(5,6)9-2/h8-10H2,1-7H3. The van der Waals surface area contributed by atoms with Crippen LogP contribution >= 0.6 is 0 Å². The number of ketones is 1. The van der Waals surface area contributed by atoms with Gasteiger partial charge in [0.05, 0.1) is 6.54 Å². The molecular weight excluding hydrogens is 186 g/mol. The highest BCUT2D eigenvalue weighted by molar-refractivity contribution is 5.85. The summed E-state index contributed by atoms with van der Waals surface area (Å²) in [6.07, 6.45) is 1.97. The molecule has 0 bridgehead atoms. The molecule has 0 aromatic heterocycles. The Labute approximate surface area is 95.0 Å². The molecule has 0 spiro atoms. The van der Waals surface area contributed by atoms with Crippen LogP contribution in [-0.4, -0.2) is 29.8 Å². The van der Waals surface area contributed by atoms with Crippen LogP contribution in [-0.2, 0) is 4.79 Å². The fourth-order valence-corrected chi connectivity index (χ4v) is 1.11. The van der Waals surface area contributed by atoms with Gasteiger partial charge in [-0.3, -0.25) is 9.69 Å². The van der Waals surface area contributed by atoms with Crippen molar-refractivity contribution in [2.24, 2.45) is 5.41 Å². The predicted octanol–water partition coefficient (Wildman–Crippen LogP) is 3.11. The van der Waals surface area contributed by atoms with E-state index in [9.17, 15) is 4.79 Å². The smallest absolute Gasteiger partial charge is 0.152 e. The molecule has 2 nitrogen and oxygen atoms in total. The molecule has 0 amide bonds. The number of hydrogen-bond donors (Lipinski definition) is 0. The fraction of sp³-hybridized carbons (Fsp3) is 0.923. The number of rotatable bonds is 6. The third-order valence-electron chi connectivity index (χ3n) is 3.92. The maximum Gasteiger partial charge on any atom is 0.152 e. The summed E-state index contributed by atoms with van der Waals surface area (Å²) in [7, 11) is 2.03. The van der Waals surface area contributed by atoms with Gasteiger partial charge in [0.2, 0.25) is 0 Å². The second-order valence-electron chi connectivity index (χ2n) is 5.68. The number of Topliss-reactive ketones (excluding diaryl/α,β-unsaturated/α-hetero) is 1. The number of carbonyl (C=O) groups excluding carboxylic acids is 1. The summed E-state index contributed by atoms with van der Waals surface area (Å²) < 4.78 is 0. The Hall–Kier alpha value is -0.370. The summed E-state index contributed by atoms with van der Waals surface area (Å²) in [6, 6.07) is 0. The van der Waals surface area contributed by atoms with Crippen LogP contribution in [0.5, 0.6) is 0 Å². The molecule has 15 heavy (non-hydrogen) atoms. The molecule has 0 radical (unpaired) electrons. The first-order chi connectivity index (χ1) is 6.67. The molecule has 90 valence electrons. The Morgan fingerprint density at radius 2 is 1.53 bits per heavy atom. The van der Waals surface area contributed by atoms with Gasteiger partial charge in [-0.15, -0.1) is 0 Å². The molecular formula is C13H27NO. The molecule has 0 aromatic rings. The number of hydrogen-bond acceptors (Lipinski definition) is 2. The Kier molecular flexibility index (Phi) is 4.98. The first-order valence-corrected chi connectivity index (χ1v) is 5.92. The largest absolute Gasteiger partial charge is 0.298 e. The highest BCUT2D eigenvalue weighted by atomic mass is 16.1. The van der Waals surface area contributed by atoms with E-state index in [0.717, 1.165) is 12.8 Å². The summed E-state index contributed by atoms with van der Waals surface area (Å²) in [4.78, 5) is 14.2. The van der Waals surface area contributed by atoms with Crippen LogP contribution in [0.4, 0.5) is 0 Å². The summed E-state index contributed by atoms with van der Waals surface area (Å²) in [5.41, 5.74) is -0.0719. The van der Waals surface area contributed by atoms with Crippen molar-refractivity contribution in [2.75, 3.05) is 13.6 Å². The van der Waals surface area contributed by atoms with Gasteiger partial charge in [-0.25, -0.2) is 0 Å². The molecule has 0 unspecified atom stereocenters. The second kappa shape index (κ2) is 5.11. The SMILES string of the molecule is CCC(C)(C)C(=O)CN(C)C(C)(C)CC. The van der Waals surface area contributed by atoms with Crippen LogP contribution in [0.15, 0.2) is 0 Å². The summed E-state index contributed by atoms with van der Waals surface area (Å²) >= 11 is 0. The average Bonchev–Trinajstić information content (AvgIpc) is 2.17. The first-order valence-electron chi connectivity index (χ1n) is 5.92. The van der Waals surface area contributed by atoms with Gasteiger partial charge in [-0.05, 0) is 33.7 Å². The summed E-state index contributed by atoms with van der Waals surface area (Å²) in [6.45, 7) is 13.2. The Balaban J connectivity index is 4.43. The molecule has 0 atom stereocenters. The fourth-order valence-electron chi connectivity index (χ4n) is 1.11. The van der Waals surface area contributed by atoms with E-state index in [4.69, 9.17) is 0 Å². The van der Waals surface area contributed by atoms with E-state index in [1.807, 2.05) is 20.9 Å². The summed E-state index contributed by atoms with van der Waals surface area (Å²) in [5.74, 6) is 0.342. The van der Waals surface area contributed by atoms with Gasteiger partial charge in [0.25, 0.3) is 0 Å². The second-order valence-corrected chi connectivity index (χ2v) is 5.68. The normalized spacial score (nSPS) is 13.3. The molecule has 2 heteroatoms. The lowest BCUT2D eigenvalue weighted by Gasteiger charge is -2.36. The van der Waals surface area contributed by atoms with Gasteiger partial charge in [0.1, 0.15) is 0 Å². The average molecular weight is 213 g/mol. The summed E-state index contributed by atoms with van der Waals surface area (Å²) in [5, 5.41) is 0. The number of nitrogens with zero attached hydrogens (tertiary/aromatic N) is 1. The van der Waals surface area contributed by atoms with E-state index >= 15 is 0 Å². The Morgan fingerprint density at radius 3 is 1.87 bits per heavy atom. The van der Waals surface area contributed by atoms with Crippen LogP contribution < -0.4 is 0 Å². The highest BCUT2D eigenvalue weighted by Crippen LogP contribution is 2.23. The molecule has 0 aromatic carbocycles. The van der Waals surface area contributed by atoms with Crippen molar-refractivity contribution in [3.05, 3.63) is 0 Å². The zero-order valence-electron chi connectivity index (χ0n) is 11.5. The van der Waals surface area contributed by atoms with Crippen LogP contribution in [0.2, 0.25) is 0 Å². The number of likely N-dealkylation sites (N-methyl/N-ethyl adjacent to an activating group) is 1. The van der Waals surface area contributed by atoms with Crippen LogP contribution in [0, 0.1) is 5.41 Å². The van der Waals surface area contributed by atoms with Gasteiger partial charge in [0, 0.05) is 11.0 Å². The van der Waals surface area contributed by atoms with Crippen molar-refractivity contribution in [2.45, 2.75) is 59.9 Å². The van der Waals surface area contributed by atoms with Gasteiger partial charge in [-0.2, -0.15) is 0 Å². The molecule has 0 aliphatic heterocycles. The van der Waals surface area contributed by atoms with E-state index in [1.54, 1.807) is 0 Å². The zero-order valence-corrected chi connectivity index (χ0v) is 11.5. The lowest BCUT2D eigenvalue weighted by Crippen LogP contribution is -2.45. The minimum absolute atomic E-state index is 0.111. The lowest BCUT2D eigenvalue weighted by atomic mass is 9.84. The third kappa shape index (κ3) is 3.94. The molecule has 0 N–H and O–H groups in total. The molecule has 0 fully saturated rings. The highest BCUT2D eigenvalue weighted by Gasteiger charge is 2.29. The number of carbonyl (C=O) groups is 1. The predicted molar refractivity (Wildman–Crippen MR) is 66.1 cm³/mol. The molecule has 0 saturated heterocycles. The monoisotopic (exact) mass is 213 g/mol. The van der Waals surface area contributed by atoms with Crippen molar-refractivity contribution in [1.82, 2.24) is 4.90 Å². The molecule has 0 aliphatic carbocycles. The van der Waals surface area contributed by atoms with E-state index in [1.165, 1.54) is 0 Å². The van der Waals surface area contributed by atoms with Crippen molar-refractivity contribution in [3.8, 4) is 0 Å². The molecule has 0 heterocycles. The van der Waals surface area contributed by atoms with Crippen LogP contribution in [0.1, 0.15) is 54.4 Å². The van der Waals surface area contributed by atoms with E-state index in [-0.39, 0.29) is 11.0 Å². The van der Waals surface area contributed by atoms with Crippen LogP contribution in [0.3, 0.4) is 0 Å². The van der Waals surface area contributed by atoms with Crippen LogP contribution in [0.25, 0.3) is 0 Å². The van der Waals surface area contributed by atoms with Gasteiger partial charge in [-0.1, -0.05) is 27.7 Å². The molecule has 0 rings (SSSR count). The van der Waals surface area contributed by atoms with Crippen molar-refractivity contribution >= 4 is 5.78 Å². The van der Waals surface area contributed by atoms with Gasteiger partial charge < -0.3 is 0 Å². The molecule has 0 saturated carbocycles. The van der Waals surface area contributed by atoms with Gasteiger partial charge >= 0.3 is 0 Å². The van der Waals surface area contributed by atoms with E-state index < -0.39 is 0 Å².